The minimum absolute atomic E-state index is 0. The van der Waals surface area contributed by atoms with Gasteiger partial charge >= 0.3 is 0 Å². The van der Waals surface area contributed by atoms with Crippen LogP contribution in [0.1, 0.15) is 27.2 Å². The van der Waals surface area contributed by atoms with Gasteiger partial charge in [-0.05, 0) is 25.0 Å². The summed E-state index contributed by atoms with van der Waals surface area (Å²) in [6, 6.07) is 7.29. The maximum absolute atomic E-state index is 11.7. The zero-order valence-corrected chi connectivity index (χ0v) is 12.5. The quantitative estimate of drug-likeness (QED) is 0.845. The Bertz CT molecular complexity index is 395. The lowest BCUT2D eigenvalue weighted by Gasteiger charge is -2.14. The first kappa shape index (κ1) is 17.7. The maximum Gasteiger partial charge on any atom is 0.226 e. The van der Waals surface area contributed by atoms with Crippen molar-refractivity contribution < 1.29 is 9.53 Å². The van der Waals surface area contributed by atoms with Crippen LogP contribution in [0, 0.1) is 5.92 Å². The highest BCUT2D eigenvalue weighted by molar-refractivity contribution is 5.92. The Hall–Kier alpha value is -1.26. The molecule has 0 saturated carbocycles. The van der Waals surface area contributed by atoms with E-state index in [-0.39, 0.29) is 24.4 Å². The Morgan fingerprint density at radius 2 is 1.95 bits per heavy atom. The third-order valence-corrected chi connectivity index (χ3v) is 2.24. The lowest BCUT2D eigenvalue weighted by molar-refractivity contribution is -0.116. The molecule has 5 heteroatoms. The van der Waals surface area contributed by atoms with E-state index in [1.165, 1.54) is 0 Å². The van der Waals surface area contributed by atoms with Crippen molar-refractivity contribution in [2.45, 2.75) is 33.2 Å². The fourth-order valence-corrected chi connectivity index (χ4v) is 1.45. The molecule has 0 bridgehead atoms. The zero-order chi connectivity index (χ0) is 13.5. The van der Waals surface area contributed by atoms with E-state index in [0.717, 1.165) is 0 Å². The van der Waals surface area contributed by atoms with E-state index >= 15 is 0 Å². The maximum atomic E-state index is 11.7. The summed E-state index contributed by atoms with van der Waals surface area (Å²) in [5.41, 5.74) is 6.29. The van der Waals surface area contributed by atoms with Gasteiger partial charge in [-0.1, -0.05) is 26.0 Å². The van der Waals surface area contributed by atoms with Gasteiger partial charge in [-0.3, -0.25) is 4.79 Å². The molecule has 19 heavy (non-hydrogen) atoms. The van der Waals surface area contributed by atoms with E-state index in [2.05, 4.69) is 19.2 Å². The predicted octanol–water partition coefficient (Wildman–Crippen LogP) is 2.82. The van der Waals surface area contributed by atoms with Crippen LogP contribution in [-0.4, -0.2) is 18.6 Å². The molecule has 0 aromatic heterocycles. The van der Waals surface area contributed by atoms with Crippen molar-refractivity contribution in [3.8, 4) is 5.75 Å². The Morgan fingerprint density at radius 1 is 1.32 bits per heavy atom. The summed E-state index contributed by atoms with van der Waals surface area (Å²) >= 11 is 0. The number of carbonyl (C=O) groups excluding carboxylic acids is 1. The molecular formula is C14H23ClN2O2. The van der Waals surface area contributed by atoms with Crippen molar-refractivity contribution in [3.63, 3.8) is 0 Å². The number of carbonyl (C=O) groups is 1. The van der Waals surface area contributed by atoms with Gasteiger partial charge in [0.15, 0.2) is 0 Å². The zero-order valence-electron chi connectivity index (χ0n) is 11.7. The van der Waals surface area contributed by atoms with Crippen molar-refractivity contribution in [2.24, 2.45) is 11.7 Å². The summed E-state index contributed by atoms with van der Waals surface area (Å²) in [7, 11) is 0. The van der Waals surface area contributed by atoms with Crippen molar-refractivity contribution >= 4 is 24.0 Å². The number of nitrogens with one attached hydrogen (secondary N) is 1. The Labute approximate surface area is 121 Å². The largest absolute Gasteiger partial charge is 0.491 e. The number of nitrogens with two attached hydrogens (primary N) is 1. The lowest BCUT2D eigenvalue weighted by Crippen LogP contribution is -2.24. The van der Waals surface area contributed by atoms with Gasteiger partial charge in [-0.25, -0.2) is 0 Å². The highest BCUT2D eigenvalue weighted by Crippen LogP contribution is 2.24. The topological polar surface area (TPSA) is 64.3 Å². The molecule has 4 nitrogen and oxygen atoms in total. The number of ether oxygens (including phenoxy) is 1. The average Bonchev–Trinajstić information content (AvgIpc) is 2.26. The van der Waals surface area contributed by atoms with Gasteiger partial charge in [0.2, 0.25) is 5.91 Å². The van der Waals surface area contributed by atoms with Gasteiger partial charge < -0.3 is 15.8 Å². The third kappa shape index (κ3) is 7.03. The number of hydrogen-bond donors (Lipinski definition) is 2. The summed E-state index contributed by atoms with van der Waals surface area (Å²) in [5, 5.41) is 2.82. The minimum atomic E-state index is -0.145. The fraction of sp³-hybridized carbons (Fsp3) is 0.500. The van der Waals surface area contributed by atoms with E-state index in [9.17, 15) is 4.79 Å². The number of para-hydroxylation sites is 2. The van der Waals surface area contributed by atoms with E-state index in [1.54, 1.807) is 6.92 Å². The molecule has 108 valence electrons. The van der Waals surface area contributed by atoms with Crippen LogP contribution in [0.15, 0.2) is 24.3 Å². The van der Waals surface area contributed by atoms with Crippen LogP contribution in [0.5, 0.6) is 5.75 Å². The molecule has 0 radical (unpaired) electrons. The number of anilines is 1. The molecule has 0 aliphatic rings. The smallest absolute Gasteiger partial charge is 0.226 e. The fourth-order valence-electron chi connectivity index (χ4n) is 1.45. The number of amides is 1. The lowest BCUT2D eigenvalue weighted by atomic mass is 10.2. The highest BCUT2D eigenvalue weighted by atomic mass is 35.5. The van der Waals surface area contributed by atoms with Crippen LogP contribution in [0.2, 0.25) is 0 Å². The second-order valence-corrected chi connectivity index (χ2v) is 4.93. The molecule has 1 aromatic rings. The van der Waals surface area contributed by atoms with Crippen LogP contribution in [0.4, 0.5) is 5.69 Å². The number of benzene rings is 1. The second kappa shape index (κ2) is 8.77. The summed E-state index contributed by atoms with van der Waals surface area (Å²) in [6.07, 6.45) is 0.304. The van der Waals surface area contributed by atoms with Gasteiger partial charge in [0.1, 0.15) is 5.75 Å². The molecule has 1 amide bonds. The molecule has 0 spiro atoms. The first-order valence-electron chi connectivity index (χ1n) is 6.26. The summed E-state index contributed by atoms with van der Waals surface area (Å²) in [5.74, 6) is 1.05. The third-order valence-electron chi connectivity index (χ3n) is 2.24. The molecule has 1 rings (SSSR count). The monoisotopic (exact) mass is 286 g/mol. The van der Waals surface area contributed by atoms with Crippen molar-refractivity contribution in [2.75, 3.05) is 11.9 Å². The minimum Gasteiger partial charge on any atom is -0.491 e. The second-order valence-electron chi connectivity index (χ2n) is 4.93. The number of halogens is 1. The summed E-state index contributed by atoms with van der Waals surface area (Å²) < 4.78 is 5.66. The molecule has 0 aliphatic heterocycles. The SMILES string of the molecule is CC(C)COc1ccccc1NC(=O)CC(C)N.Cl. The predicted molar refractivity (Wildman–Crippen MR) is 80.9 cm³/mol. The molecule has 1 unspecified atom stereocenters. The van der Waals surface area contributed by atoms with Crippen LogP contribution >= 0.6 is 12.4 Å². The first-order chi connectivity index (χ1) is 8.49. The van der Waals surface area contributed by atoms with Crippen molar-refractivity contribution in [1.82, 2.24) is 0 Å². The summed E-state index contributed by atoms with van der Waals surface area (Å²) in [6.45, 7) is 6.59. The number of rotatable bonds is 6. The normalized spacial score (nSPS) is 11.6. The van der Waals surface area contributed by atoms with E-state index in [4.69, 9.17) is 10.5 Å². The van der Waals surface area contributed by atoms with Gasteiger partial charge in [0, 0.05) is 12.5 Å². The molecule has 0 saturated heterocycles. The molecule has 0 aliphatic carbocycles. The van der Waals surface area contributed by atoms with Crippen LogP contribution < -0.4 is 15.8 Å². The molecular weight excluding hydrogens is 264 g/mol. The molecule has 0 heterocycles. The average molecular weight is 287 g/mol. The van der Waals surface area contributed by atoms with Gasteiger partial charge in [0.25, 0.3) is 0 Å². The van der Waals surface area contributed by atoms with Crippen molar-refractivity contribution in [3.05, 3.63) is 24.3 Å². The van der Waals surface area contributed by atoms with E-state index in [0.29, 0.717) is 30.4 Å². The molecule has 0 fully saturated rings. The Morgan fingerprint density at radius 3 is 2.53 bits per heavy atom. The highest BCUT2D eigenvalue weighted by Gasteiger charge is 2.09. The molecule has 1 atom stereocenters. The standard InChI is InChI=1S/C14H22N2O2.ClH/c1-10(2)9-18-13-7-5-4-6-12(13)16-14(17)8-11(3)15;/h4-7,10-11H,8-9,15H2,1-3H3,(H,16,17);1H. The first-order valence-corrected chi connectivity index (χ1v) is 6.26. The number of hydrogen-bond acceptors (Lipinski definition) is 3. The van der Waals surface area contributed by atoms with Gasteiger partial charge in [-0.15, -0.1) is 12.4 Å². The van der Waals surface area contributed by atoms with Crippen LogP contribution in [0.3, 0.4) is 0 Å². The van der Waals surface area contributed by atoms with Crippen LogP contribution in [-0.2, 0) is 4.79 Å². The Kier molecular flexibility index (Phi) is 8.19. The summed E-state index contributed by atoms with van der Waals surface area (Å²) in [4.78, 5) is 11.7. The van der Waals surface area contributed by atoms with E-state index < -0.39 is 0 Å². The van der Waals surface area contributed by atoms with Gasteiger partial charge in [0.05, 0.1) is 12.3 Å². The van der Waals surface area contributed by atoms with Crippen molar-refractivity contribution in [1.29, 1.82) is 0 Å². The molecule has 3 N–H and O–H groups in total. The van der Waals surface area contributed by atoms with Crippen LogP contribution in [0.25, 0.3) is 0 Å². The van der Waals surface area contributed by atoms with Gasteiger partial charge in [-0.2, -0.15) is 0 Å². The Balaban J connectivity index is 0.00000324. The van der Waals surface area contributed by atoms with E-state index in [1.807, 2.05) is 24.3 Å². The molecule has 1 aromatic carbocycles.